The third kappa shape index (κ3) is 6.46. The monoisotopic (exact) mass is 1130 g/mol. The summed E-state index contributed by atoms with van der Waals surface area (Å²) in [4.78, 5) is 15.6. The first-order chi connectivity index (χ1) is 44.2. The summed E-state index contributed by atoms with van der Waals surface area (Å²) in [5.74, 6) is 0. The summed E-state index contributed by atoms with van der Waals surface area (Å²) in [5.41, 5.74) is 31.4. The zero-order valence-electron chi connectivity index (χ0n) is 48.5. The maximum atomic E-state index is 5.35. The van der Waals surface area contributed by atoms with Crippen LogP contribution in [0.1, 0.15) is 66.8 Å². The predicted octanol–water partition coefficient (Wildman–Crippen LogP) is 20.5. The first-order valence-corrected chi connectivity index (χ1v) is 30.9. The van der Waals surface area contributed by atoms with Crippen LogP contribution in [-0.2, 0) is 16.2 Å². The van der Waals surface area contributed by atoms with Gasteiger partial charge in [0.05, 0.1) is 39.0 Å². The lowest BCUT2D eigenvalue weighted by molar-refractivity contribution is 0.752. The van der Waals surface area contributed by atoms with Gasteiger partial charge < -0.3 is 9.80 Å². The van der Waals surface area contributed by atoms with Crippen molar-refractivity contribution in [3.8, 4) is 55.6 Å². The van der Waals surface area contributed by atoms with Gasteiger partial charge in [0.1, 0.15) is 0 Å². The van der Waals surface area contributed by atoms with Gasteiger partial charge in [-0.25, -0.2) is 0 Å². The fraction of sp³-hybridized carbons (Fsp3) is 0.0353. The van der Waals surface area contributed by atoms with Crippen molar-refractivity contribution in [2.24, 2.45) is 0 Å². The summed E-state index contributed by atoms with van der Waals surface area (Å²) >= 11 is 0. The van der Waals surface area contributed by atoms with Crippen LogP contribution < -0.4 is 9.80 Å². The van der Waals surface area contributed by atoms with E-state index in [9.17, 15) is 0 Å². The number of nitrogens with zero attached hydrogens (tertiary/aromatic N) is 4. The van der Waals surface area contributed by atoms with E-state index in [1.807, 2.05) is 0 Å². The van der Waals surface area contributed by atoms with Crippen molar-refractivity contribution in [3.05, 3.63) is 395 Å². The van der Waals surface area contributed by atoms with E-state index < -0.39 is 16.2 Å². The highest BCUT2D eigenvalue weighted by Gasteiger charge is 2.55. The quantitative estimate of drug-likeness (QED) is 0.166. The predicted molar refractivity (Wildman–Crippen MR) is 361 cm³/mol. The summed E-state index contributed by atoms with van der Waals surface area (Å²) in [6.07, 6.45) is 8.42. The first-order valence-electron chi connectivity index (χ1n) is 30.9. The van der Waals surface area contributed by atoms with Crippen LogP contribution >= 0.6 is 0 Å². The number of aromatic nitrogens is 2. The molecule has 89 heavy (non-hydrogen) atoms. The molecule has 4 heteroatoms. The molecule has 19 rings (SSSR count). The molecule has 414 valence electrons. The Hall–Kier alpha value is -11.5. The van der Waals surface area contributed by atoms with E-state index in [4.69, 9.17) is 9.97 Å². The van der Waals surface area contributed by atoms with E-state index in [2.05, 4.69) is 338 Å². The molecule has 0 unspecified atom stereocenters. The van der Waals surface area contributed by atoms with Gasteiger partial charge in [-0.15, -0.1) is 0 Å². The number of hydrogen-bond acceptors (Lipinski definition) is 4. The molecule has 4 nitrogen and oxygen atoms in total. The van der Waals surface area contributed by atoms with E-state index in [0.717, 1.165) is 44.8 Å². The molecule has 0 bridgehead atoms. The molecule has 0 N–H and O–H groups in total. The van der Waals surface area contributed by atoms with Gasteiger partial charge in [-0.3, -0.25) is 9.97 Å². The first kappa shape index (κ1) is 49.8. The Labute approximate surface area is 517 Å². The van der Waals surface area contributed by atoms with Gasteiger partial charge in [0, 0.05) is 47.3 Å². The number of fused-ring (bicyclic) bond motifs is 21. The summed E-state index contributed by atoms with van der Waals surface area (Å²) in [7, 11) is 0. The van der Waals surface area contributed by atoms with Crippen molar-refractivity contribution in [2.75, 3.05) is 9.80 Å². The van der Waals surface area contributed by atoms with Crippen LogP contribution in [0.25, 0.3) is 55.6 Å². The lowest BCUT2D eigenvalue weighted by Gasteiger charge is -2.45. The van der Waals surface area contributed by atoms with Gasteiger partial charge in [0.15, 0.2) is 0 Å². The Kier molecular flexibility index (Phi) is 10.5. The lowest BCUT2D eigenvalue weighted by Crippen LogP contribution is -2.36. The molecule has 12 aromatic carbocycles. The molecule has 5 aliphatic rings. The Balaban J connectivity index is 0.820. The topological polar surface area (TPSA) is 32.3 Å². The van der Waals surface area contributed by atoms with E-state index in [1.54, 1.807) is 0 Å². The zero-order valence-corrected chi connectivity index (χ0v) is 48.5. The van der Waals surface area contributed by atoms with Crippen LogP contribution in [0.4, 0.5) is 34.1 Å². The van der Waals surface area contributed by atoms with E-state index in [0.29, 0.717) is 0 Å². The number of pyridine rings is 2. The third-order valence-corrected chi connectivity index (χ3v) is 20.3. The second kappa shape index (κ2) is 18.8. The Bertz CT molecular complexity index is 4830. The largest absolute Gasteiger partial charge is 0.310 e. The van der Waals surface area contributed by atoms with Gasteiger partial charge in [0.2, 0.25) is 0 Å². The van der Waals surface area contributed by atoms with Crippen molar-refractivity contribution >= 4 is 34.1 Å². The van der Waals surface area contributed by atoms with Gasteiger partial charge in [-0.1, -0.05) is 243 Å². The molecule has 0 atom stereocenters. The van der Waals surface area contributed by atoms with E-state index in [1.165, 1.54) is 112 Å². The molecule has 3 aliphatic carbocycles. The zero-order chi connectivity index (χ0) is 58.4. The molecule has 14 aromatic rings. The van der Waals surface area contributed by atoms with Crippen LogP contribution in [0.5, 0.6) is 0 Å². The van der Waals surface area contributed by atoms with Crippen LogP contribution in [0.2, 0.25) is 0 Å². The van der Waals surface area contributed by atoms with Crippen molar-refractivity contribution < 1.29 is 0 Å². The highest BCUT2D eigenvalue weighted by atomic mass is 15.2. The van der Waals surface area contributed by atoms with Crippen LogP contribution in [0.3, 0.4) is 0 Å². The van der Waals surface area contributed by atoms with E-state index >= 15 is 0 Å². The fourth-order valence-electron chi connectivity index (χ4n) is 17.1. The minimum atomic E-state index is -0.808. The Morgan fingerprint density at radius 2 is 0.494 bits per heavy atom. The highest BCUT2D eigenvalue weighted by molar-refractivity contribution is 6.03. The fourth-order valence-corrected chi connectivity index (χ4v) is 17.1. The average Bonchev–Trinajstić information content (AvgIpc) is 1.60. The molecular weight excluding hydrogens is 1080 g/mol. The van der Waals surface area contributed by atoms with Crippen molar-refractivity contribution in [2.45, 2.75) is 16.2 Å². The maximum absolute atomic E-state index is 5.35. The maximum Gasteiger partial charge on any atom is 0.0754 e. The van der Waals surface area contributed by atoms with Crippen LogP contribution in [0, 0.1) is 0 Å². The number of anilines is 6. The number of hydrogen-bond donors (Lipinski definition) is 0. The Morgan fingerprint density at radius 1 is 0.213 bits per heavy atom. The third-order valence-electron chi connectivity index (χ3n) is 20.3. The Morgan fingerprint density at radius 3 is 0.865 bits per heavy atom. The second-order valence-electron chi connectivity index (χ2n) is 24.2. The van der Waals surface area contributed by atoms with Gasteiger partial charge in [-0.2, -0.15) is 0 Å². The smallest absolute Gasteiger partial charge is 0.0754 e. The normalized spacial score (nSPS) is 14.7. The summed E-state index contributed by atoms with van der Waals surface area (Å²) in [5, 5.41) is 0. The lowest BCUT2D eigenvalue weighted by atomic mass is 9.64. The second-order valence-corrected chi connectivity index (χ2v) is 24.2. The summed E-state index contributed by atoms with van der Waals surface area (Å²) in [6.45, 7) is 0. The molecule has 0 amide bonds. The SMILES string of the molecule is c1ccc(N2c3ccccc3C3(c4ccccc4-c4c(-c5cncc(C6(c7cncc(-c8cccc9c8-c8ccccc8C98c9ccccc9N(c9ccccc9)c9ccccc98)c7)c7ccccc7-c7ccccc76)c5)cccc43)c3ccccc32)cc1. The molecule has 0 fully saturated rings. The van der Waals surface area contributed by atoms with Crippen LogP contribution in [-0.4, -0.2) is 9.97 Å². The average molecular weight is 1130 g/mol. The highest BCUT2D eigenvalue weighted by Crippen LogP contribution is 2.67. The molecule has 0 saturated heterocycles. The van der Waals surface area contributed by atoms with Crippen molar-refractivity contribution in [1.29, 1.82) is 0 Å². The number of para-hydroxylation sites is 6. The minimum absolute atomic E-state index is 0.605. The van der Waals surface area contributed by atoms with Crippen LogP contribution in [0.15, 0.2) is 328 Å². The molecule has 0 radical (unpaired) electrons. The molecule has 2 aromatic heterocycles. The minimum Gasteiger partial charge on any atom is -0.310 e. The standard InChI is InChI=1S/C85H54N4/c1-3-25-59(26-4-1)88-77-45-19-15-39-71(77)84(72-40-16-20-46-78(72)88)69-37-13-9-31-65(69)81-61(33-23-43-75(81)84)55-49-57(53-86-51-55)83(67-35-11-7-29-63(67)64-30-8-12-36-68(64)83)58-50-56(52-87-54-58)62-34-24-44-76-82(62)66-32-10-14-38-70(66)85(76)73-41-17-21-47-79(73)89(60-27-5-2-6-28-60)80-48-22-18-42-74(80)85/h1-54H. The molecule has 0 saturated carbocycles. The molecular formula is C85H54N4. The summed E-state index contributed by atoms with van der Waals surface area (Å²) in [6, 6.07) is 113. The van der Waals surface area contributed by atoms with Crippen molar-refractivity contribution in [1.82, 2.24) is 9.97 Å². The van der Waals surface area contributed by atoms with Crippen molar-refractivity contribution in [3.63, 3.8) is 0 Å². The number of benzene rings is 12. The van der Waals surface area contributed by atoms with Gasteiger partial charge >= 0.3 is 0 Å². The van der Waals surface area contributed by atoms with Gasteiger partial charge in [0.25, 0.3) is 0 Å². The molecule has 4 heterocycles. The number of rotatable bonds is 6. The van der Waals surface area contributed by atoms with Gasteiger partial charge in [-0.05, 0) is 172 Å². The molecule has 2 aliphatic heterocycles. The van der Waals surface area contributed by atoms with E-state index in [-0.39, 0.29) is 0 Å². The summed E-state index contributed by atoms with van der Waals surface area (Å²) < 4.78 is 0. The molecule has 2 spiro atoms.